The van der Waals surface area contributed by atoms with Gasteiger partial charge in [-0.1, -0.05) is 46.4 Å². The molecule has 0 heterocycles. The maximum absolute atomic E-state index is 11.8. The summed E-state index contributed by atoms with van der Waals surface area (Å²) in [7, 11) is 0. The number of urea groups is 2. The van der Waals surface area contributed by atoms with Crippen LogP contribution in [0.5, 0.6) is 0 Å². The van der Waals surface area contributed by atoms with Crippen molar-refractivity contribution < 1.29 is 9.59 Å². The summed E-state index contributed by atoms with van der Waals surface area (Å²) in [6.07, 6.45) is 0. The summed E-state index contributed by atoms with van der Waals surface area (Å²) in [6, 6.07) is 8.60. The molecule has 0 radical (unpaired) electrons. The molecule has 10 heteroatoms. The summed E-state index contributed by atoms with van der Waals surface area (Å²) in [5.41, 5.74) is 1.00. The third kappa shape index (κ3) is 6.46. The maximum Gasteiger partial charge on any atom is 0.319 e. The van der Waals surface area contributed by atoms with Gasteiger partial charge < -0.3 is 21.3 Å². The van der Waals surface area contributed by atoms with Crippen molar-refractivity contribution >= 4 is 69.8 Å². The number of rotatable bonds is 5. The summed E-state index contributed by atoms with van der Waals surface area (Å²) in [5, 5.41) is 11.9. The van der Waals surface area contributed by atoms with Crippen LogP contribution in [0.3, 0.4) is 0 Å². The van der Waals surface area contributed by atoms with Gasteiger partial charge in [0.2, 0.25) is 0 Å². The van der Waals surface area contributed by atoms with E-state index in [2.05, 4.69) is 21.3 Å². The van der Waals surface area contributed by atoms with Crippen molar-refractivity contribution in [1.29, 1.82) is 0 Å². The van der Waals surface area contributed by atoms with Gasteiger partial charge >= 0.3 is 12.1 Å². The molecule has 4 N–H and O–H groups in total. The van der Waals surface area contributed by atoms with Crippen molar-refractivity contribution in [3.8, 4) is 0 Å². The molecule has 0 aromatic heterocycles. The lowest BCUT2D eigenvalue weighted by Gasteiger charge is -2.10. The van der Waals surface area contributed by atoms with Crippen LogP contribution in [0.1, 0.15) is 0 Å². The first-order valence-corrected chi connectivity index (χ1v) is 8.86. The van der Waals surface area contributed by atoms with Gasteiger partial charge in [-0.25, -0.2) is 9.59 Å². The quantitative estimate of drug-likeness (QED) is 0.484. The molecule has 0 saturated heterocycles. The average molecular weight is 436 g/mol. The Kier molecular flexibility index (Phi) is 7.66. The maximum atomic E-state index is 11.8. The molecule has 138 valence electrons. The van der Waals surface area contributed by atoms with E-state index < -0.39 is 12.1 Å². The van der Waals surface area contributed by atoms with Crippen LogP contribution in [0.4, 0.5) is 21.0 Å². The zero-order valence-corrected chi connectivity index (χ0v) is 16.2. The molecule has 26 heavy (non-hydrogen) atoms. The SMILES string of the molecule is O=C(NCCNC(=O)Nc1ccc(Cl)c(Cl)c1)Nc1ccc(Cl)c(Cl)c1. The predicted octanol–water partition coefficient (Wildman–Crippen LogP) is 5.24. The molecule has 0 aliphatic carbocycles. The van der Waals surface area contributed by atoms with Crippen LogP contribution in [-0.4, -0.2) is 25.2 Å². The molecule has 6 nitrogen and oxygen atoms in total. The Hall–Kier alpha value is -1.86. The van der Waals surface area contributed by atoms with Gasteiger partial charge in [0.15, 0.2) is 0 Å². The Morgan fingerprint density at radius 2 is 1.04 bits per heavy atom. The summed E-state index contributed by atoms with van der Waals surface area (Å²) in [6.45, 7) is 0.448. The first-order valence-electron chi connectivity index (χ1n) is 7.35. The van der Waals surface area contributed by atoms with E-state index in [9.17, 15) is 9.59 Å². The number of benzene rings is 2. The topological polar surface area (TPSA) is 82.3 Å². The number of hydrogen-bond acceptors (Lipinski definition) is 2. The highest BCUT2D eigenvalue weighted by atomic mass is 35.5. The van der Waals surface area contributed by atoms with E-state index in [0.29, 0.717) is 31.5 Å². The highest BCUT2D eigenvalue weighted by Gasteiger charge is 2.06. The average Bonchev–Trinajstić information content (AvgIpc) is 2.58. The Morgan fingerprint density at radius 1 is 0.654 bits per heavy atom. The zero-order valence-electron chi connectivity index (χ0n) is 13.2. The second kappa shape index (κ2) is 9.73. The fourth-order valence-electron chi connectivity index (χ4n) is 1.85. The molecular weight excluding hydrogens is 422 g/mol. The number of hydrogen-bond donors (Lipinski definition) is 4. The molecule has 0 atom stereocenters. The Bertz CT molecular complexity index is 749. The summed E-state index contributed by atoms with van der Waals surface area (Å²) in [4.78, 5) is 23.5. The van der Waals surface area contributed by atoms with E-state index >= 15 is 0 Å². The van der Waals surface area contributed by atoms with Crippen molar-refractivity contribution in [2.24, 2.45) is 0 Å². The van der Waals surface area contributed by atoms with Gasteiger partial charge in [-0.15, -0.1) is 0 Å². The van der Waals surface area contributed by atoms with E-state index in [1.807, 2.05) is 0 Å². The smallest absolute Gasteiger partial charge is 0.319 e. The third-order valence-corrected chi connectivity index (χ3v) is 4.53. The lowest BCUT2D eigenvalue weighted by atomic mass is 10.3. The van der Waals surface area contributed by atoms with E-state index in [0.717, 1.165) is 0 Å². The number of anilines is 2. The molecule has 2 rings (SSSR count). The predicted molar refractivity (Wildman–Crippen MR) is 107 cm³/mol. The highest BCUT2D eigenvalue weighted by molar-refractivity contribution is 6.42. The van der Waals surface area contributed by atoms with Gasteiger partial charge in [0, 0.05) is 24.5 Å². The second-order valence-electron chi connectivity index (χ2n) is 5.02. The summed E-state index contributed by atoms with van der Waals surface area (Å²) in [5.74, 6) is 0. The molecule has 2 aromatic carbocycles. The standard InChI is InChI=1S/C16H14Cl4N4O2/c17-11-3-1-9(7-13(11)19)23-15(25)21-5-6-22-16(26)24-10-2-4-12(18)14(20)8-10/h1-4,7-8H,5-6H2,(H2,21,23,25)(H2,22,24,26). The lowest BCUT2D eigenvalue weighted by molar-refractivity contribution is 0.248. The fourth-order valence-corrected chi connectivity index (χ4v) is 2.45. The number of nitrogens with one attached hydrogen (secondary N) is 4. The third-order valence-electron chi connectivity index (χ3n) is 3.05. The summed E-state index contributed by atoms with van der Waals surface area (Å²) >= 11 is 23.3. The molecule has 0 saturated carbocycles. The second-order valence-corrected chi connectivity index (χ2v) is 6.65. The Morgan fingerprint density at radius 3 is 1.38 bits per heavy atom. The van der Waals surface area contributed by atoms with E-state index in [4.69, 9.17) is 46.4 Å². The van der Waals surface area contributed by atoms with Crippen LogP contribution >= 0.6 is 46.4 Å². The van der Waals surface area contributed by atoms with E-state index in [1.165, 1.54) is 12.1 Å². The van der Waals surface area contributed by atoms with Gasteiger partial charge in [0.1, 0.15) is 0 Å². The van der Waals surface area contributed by atoms with Crippen LogP contribution in [0.25, 0.3) is 0 Å². The molecule has 0 aliphatic heterocycles. The minimum Gasteiger partial charge on any atom is -0.336 e. The minimum atomic E-state index is -0.435. The van der Waals surface area contributed by atoms with Crippen molar-refractivity contribution in [1.82, 2.24) is 10.6 Å². The molecule has 0 unspecified atom stereocenters. The van der Waals surface area contributed by atoms with Crippen LogP contribution in [0.15, 0.2) is 36.4 Å². The van der Waals surface area contributed by atoms with Crippen LogP contribution in [0.2, 0.25) is 20.1 Å². The van der Waals surface area contributed by atoms with E-state index in [-0.39, 0.29) is 13.1 Å². The normalized spacial score (nSPS) is 10.2. The van der Waals surface area contributed by atoms with Crippen molar-refractivity contribution in [3.05, 3.63) is 56.5 Å². The fraction of sp³-hybridized carbons (Fsp3) is 0.125. The van der Waals surface area contributed by atoms with Crippen molar-refractivity contribution in [3.63, 3.8) is 0 Å². The largest absolute Gasteiger partial charge is 0.336 e. The molecule has 0 fully saturated rings. The molecule has 0 bridgehead atoms. The Labute approximate surface area is 170 Å². The van der Waals surface area contributed by atoms with Gasteiger partial charge in [0.05, 0.1) is 20.1 Å². The number of carbonyl (C=O) groups is 2. The van der Waals surface area contributed by atoms with Crippen LogP contribution in [0, 0.1) is 0 Å². The number of halogens is 4. The summed E-state index contributed by atoms with van der Waals surface area (Å²) < 4.78 is 0. The van der Waals surface area contributed by atoms with Crippen LogP contribution < -0.4 is 21.3 Å². The number of amides is 4. The first-order chi connectivity index (χ1) is 12.3. The van der Waals surface area contributed by atoms with Crippen molar-refractivity contribution in [2.45, 2.75) is 0 Å². The Balaban J connectivity index is 1.68. The first kappa shape index (κ1) is 20.5. The van der Waals surface area contributed by atoms with Gasteiger partial charge in [0.25, 0.3) is 0 Å². The lowest BCUT2D eigenvalue weighted by Crippen LogP contribution is -2.38. The molecule has 4 amide bonds. The molecular formula is C16H14Cl4N4O2. The van der Waals surface area contributed by atoms with Crippen LogP contribution in [-0.2, 0) is 0 Å². The monoisotopic (exact) mass is 434 g/mol. The number of carbonyl (C=O) groups excluding carboxylic acids is 2. The van der Waals surface area contributed by atoms with Crippen molar-refractivity contribution in [2.75, 3.05) is 23.7 Å². The van der Waals surface area contributed by atoms with E-state index in [1.54, 1.807) is 24.3 Å². The van der Waals surface area contributed by atoms with Gasteiger partial charge in [-0.05, 0) is 36.4 Å². The zero-order chi connectivity index (χ0) is 19.1. The van der Waals surface area contributed by atoms with Gasteiger partial charge in [-0.2, -0.15) is 0 Å². The highest BCUT2D eigenvalue weighted by Crippen LogP contribution is 2.25. The minimum absolute atomic E-state index is 0.224. The van der Waals surface area contributed by atoms with Gasteiger partial charge in [-0.3, -0.25) is 0 Å². The molecule has 2 aromatic rings. The molecule has 0 spiro atoms. The molecule has 0 aliphatic rings.